The Morgan fingerprint density at radius 1 is 1.07 bits per heavy atom. The Morgan fingerprint density at radius 3 is 2.30 bits per heavy atom. The van der Waals surface area contributed by atoms with Crippen molar-refractivity contribution in [1.82, 2.24) is 10.3 Å². The molecule has 144 valence electrons. The summed E-state index contributed by atoms with van der Waals surface area (Å²) in [5.74, 6) is -0.384. The lowest BCUT2D eigenvalue weighted by molar-refractivity contribution is 0.0943. The molecule has 7 heteroatoms. The van der Waals surface area contributed by atoms with Crippen LogP contribution >= 0.6 is 0 Å². The molecule has 1 fully saturated rings. The number of hydrogen-bond acceptors (Lipinski definition) is 5. The maximum Gasteiger partial charge on any atom is 0.269 e. The van der Waals surface area contributed by atoms with E-state index >= 15 is 0 Å². The zero-order chi connectivity index (χ0) is 19.1. The number of pyridine rings is 1. The van der Waals surface area contributed by atoms with E-state index in [0.29, 0.717) is 18.8 Å². The minimum absolute atomic E-state index is 0.168. The first-order valence-corrected chi connectivity index (χ1v) is 9.16. The second-order valence-corrected chi connectivity index (χ2v) is 6.45. The number of amides is 1. The Bertz CT molecular complexity index is 729. The van der Waals surface area contributed by atoms with Gasteiger partial charge in [-0.25, -0.2) is 9.37 Å². The number of nitrogens with one attached hydrogen (secondary N) is 1. The molecule has 0 radical (unpaired) electrons. The molecule has 1 aromatic carbocycles. The van der Waals surface area contributed by atoms with Crippen LogP contribution in [0.3, 0.4) is 0 Å². The minimum atomic E-state index is -0.216. The van der Waals surface area contributed by atoms with Gasteiger partial charge in [-0.2, -0.15) is 0 Å². The molecule has 0 saturated carbocycles. The van der Waals surface area contributed by atoms with Crippen LogP contribution in [0, 0.1) is 5.82 Å². The van der Waals surface area contributed by atoms with E-state index in [0.717, 1.165) is 44.0 Å². The van der Waals surface area contributed by atoms with Crippen LogP contribution in [0.4, 0.5) is 15.8 Å². The topological polar surface area (TPSA) is 57.7 Å². The van der Waals surface area contributed by atoms with E-state index in [1.54, 1.807) is 19.4 Å². The maximum absolute atomic E-state index is 13.1. The lowest BCUT2D eigenvalue weighted by atomic mass is 10.2. The molecule has 0 atom stereocenters. The van der Waals surface area contributed by atoms with Crippen LogP contribution in [0.25, 0.3) is 0 Å². The third kappa shape index (κ3) is 5.17. The van der Waals surface area contributed by atoms with Crippen molar-refractivity contribution in [2.24, 2.45) is 0 Å². The molecule has 0 spiro atoms. The van der Waals surface area contributed by atoms with Crippen molar-refractivity contribution in [1.29, 1.82) is 0 Å². The molecule has 2 heterocycles. The number of halogens is 1. The molecule has 1 aliphatic heterocycles. The van der Waals surface area contributed by atoms with Gasteiger partial charge in [0.15, 0.2) is 0 Å². The van der Waals surface area contributed by atoms with Crippen LogP contribution in [0.5, 0.6) is 0 Å². The molecule has 0 unspecified atom stereocenters. The molecule has 1 aliphatic rings. The fourth-order valence-corrected chi connectivity index (χ4v) is 3.09. The molecule has 2 aromatic rings. The third-order valence-electron chi connectivity index (χ3n) is 4.63. The van der Waals surface area contributed by atoms with Gasteiger partial charge in [-0.3, -0.25) is 4.79 Å². The summed E-state index contributed by atoms with van der Waals surface area (Å²) in [7, 11) is 1.64. The highest BCUT2D eigenvalue weighted by Crippen LogP contribution is 2.20. The van der Waals surface area contributed by atoms with E-state index in [2.05, 4.69) is 20.1 Å². The van der Waals surface area contributed by atoms with Crippen molar-refractivity contribution in [2.45, 2.75) is 6.42 Å². The van der Waals surface area contributed by atoms with Gasteiger partial charge in [-0.15, -0.1) is 0 Å². The summed E-state index contributed by atoms with van der Waals surface area (Å²) in [4.78, 5) is 20.8. The first kappa shape index (κ1) is 19.1. The van der Waals surface area contributed by atoms with Gasteiger partial charge in [-0.1, -0.05) is 0 Å². The molecule has 0 aliphatic carbocycles. The summed E-state index contributed by atoms with van der Waals surface area (Å²) < 4.78 is 18.0. The van der Waals surface area contributed by atoms with Gasteiger partial charge in [0.2, 0.25) is 0 Å². The first-order valence-electron chi connectivity index (χ1n) is 9.16. The first-order chi connectivity index (χ1) is 13.2. The Hall–Kier alpha value is -2.67. The predicted octanol–water partition coefficient (Wildman–Crippen LogP) is 2.31. The SMILES string of the molecule is COCCCNC(=O)c1ccc(N2CCN(c3ccc(F)cc3)CC2)cn1. The van der Waals surface area contributed by atoms with E-state index in [1.807, 2.05) is 18.2 Å². The number of methoxy groups -OCH3 is 1. The number of nitrogens with zero attached hydrogens (tertiary/aromatic N) is 3. The lowest BCUT2D eigenvalue weighted by Crippen LogP contribution is -2.46. The van der Waals surface area contributed by atoms with Gasteiger partial charge in [0, 0.05) is 52.1 Å². The Balaban J connectivity index is 1.51. The molecule has 0 bridgehead atoms. The fourth-order valence-electron chi connectivity index (χ4n) is 3.09. The van der Waals surface area contributed by atoms with Gasteiger partial charge in [0.25, 0.3) is 5.91 Å². The highest BCUT2D eigenvalue weighted by molar-refractivity contribution is 5.92. The Labute approximate surface area is 158 Å². The molecule has 27 heavy (non-hydrogen) atoms. The number of ether oxygens (including phenoxy) is 1. The van der Waals surface area contributed by atoms with Crippen LogP contribution in [0.15, 0.2) is 42.6 Å². The zero-order valence-corrected chi connectivity index (χ0v) is 15.5. The number of hydrogen-bond donors (Lipinski definition) is 1. The standard InChI is InChI=1S/C20H25FN4O2/c1-27-14-2-9-22-20(26)19-8-7-18(15-23-19)25-12-10-24(11-13-25)17-5-3-16(21)4-6-17/h3-8,15H,2,9-14H2,1H3,(H,22,26). The van der Waals surface area contributed by atoms with Crippen molar-refractivity contribution in [2.75, 3.05) is 56.2 Å². The average molecular weight is 372 g/mol. The van der Waals surface area contributed by atoms with Crippen molar-refractivity contribution in [3.05, 3.63) is 54.1 Å². The van der Waals surface area contributed by atoms with E-state index < -0.39 is 0 Å². The van der Waals surface area contributed by atoms with Crippen LogP contribution in [0.1, 0.15) is 16.9 Å². The van der Waals surface area contributed by atoms with E-state index in [-0.39, 0.29) is 11.7 Å². The molecule has 1 saturated heterocycles. The van der Waals surface area contributed by atoms with Gasteiger partial charge in [0.05, 0.1) is 11.9 Å². The van der Waals surface area contributed by atoms with Gasteiger partial charge < -0.3 is 19.9 Å². The molecule has 1 aromatic heterocycles. The summed E-state index contributed by atoms with van der Waals surface area (Å²) in [5.41, 5.74) is 2.46. The highest BCUT2D eigenvalue weighted by atomic mass is 19.1. The van der Waals surface area contributed by atoms with Gasteiger partial charge in [-0.05, 0) is 42.8 Å². The Kier molecular flexibility index (Phi) is 6.59. The molecule has 1 N–H and O–H groups in total. The number of anilines is 2. The molecule has 3 rings (SSSR count). The quantitative estimate of drug-likeness (QED) is 0.756. The van der Waals surface area contributed by atoms with Crippen molar-refractivity contribution < 1.29 is 13.9 Å². The zero-order valence-electron chi connectivity index (χ0n) is 15.5. The van der Waals surface area contributed by atoms with Gasteiger partial charge >= 0.3 is 0 Å². The predicted molar refractivity (Wildman–Crippen MR) is 104 cm³/mol. The Morgan fingerprint density at radius 2 is 1.70 bits per heavy atom. The molecule has 6 nitrogen and oxygen atoms in total. The number of benzene rings is 1. The number of carbonyl (C=O) groups is 1. The van der Waals surface area contributed by atoms with E-state index in [1.165, 1.54) is 12.1 Å². The average Bonchev–Trinajstić information content (AvgIpc) is 2.72. The van der Waals surface area contributed by atoms with E-state index in [9.17, 15) is 9.18 Å². The summed E-state index contributed by atoms with van der Waals surface area (Å²) in [5, 5.41) is 2.83. The lowest BCUT2D eigenvalue weighted by Gasteiger charge is -2.37. The summed E-state index contributed by atoms with van der Waals surface area (Å²) in [6.07, 6.45) is 2.52. The number of carbonyl (C=O) groups excluding carboxylic acids is 1. The van der Waals surface area contributed by atoms with Crippen molar-refractivity contribution in [3.63, 3.8) is 0 Å². The smallest absolute Gasteiger partial charge is 0.269 e. The molecular formula is C20H25FN4O2. The number of piperazine rings is 1. The monoisotopic (exact) mass is 372 g/mol. The van der Waals surface area contributed by atoms with Crippen LogP contribution < -0.4 is 15.1 Å². The van der Waals surface area contributed by atoms with Crippen LogP contribution in [-0.2, 0) is 4.74 Å². The second kappa shape index (κ2) is 9.32. The van der Waals surface area contributed by atoms with Crippen LogP contribution in [-0.4, -0.2) is 57.3 Å². The molecular weight excluding hydrogens is 347 g/mol. The second-order valence-electron chi connectivity index (χ2n) is 6.45. The van der Waals surface area contributed by atoms with Gasteiger partial charge in [0.1, 0.15) is 11.5 Å². The third-order valence-corrected chi connectivity index (χ3v) is 4.63. The molecule has 1 amide bonds. The van der Waals surface area contributed by atoms with Crippen molar-refractivity contribution in [3.8, 4) is 0 Å². The summed E-state index contributed by atoms with van der Waals surface area (Å²) >= 11 is 0. The fraction of sp³-hybridized carbons (Fsp3) is 0.400. The highest BCUT2D eigenvalue weighted by Gasteiger charge is 2.18. The minimum Gasteiger partial charge on any atom is -0.385 e. The largest absolute Gasteiger partial charge is 0.385 e. The summed E-state index contributed by atoms with van der Waals surface area (Å²) in [6, 6.07) is 10.3. The van der Waals surface area contributed by atoms with Crippen LogP contribution in [0.2, 0.25) is 0 Å². The maximum atomic E-state index is 13.1. The number of aromatic nitrogens is 1. The van der Waals surface area contributed by atoms with E-state index in [4.69, 9.17) is 4.74 Å². The van der Waals surface area contributed by atoms with Crippen molar-refractivity contribution >= 4 is 17.3 Å². The summed E-state index contributed by atoms with van der Waals surface area (Å²) in [6.45, 7) is 4.60. The number of rotatable bonds is 7. The normalized spacial score (nSPS) is 14.3.